The van der Waals surface area contributed by atoms with Crippen molar-refractivity contribution in [1.29, 1.82) is 0 Å². The van der Waals surface area contributed by atoms with E-state index in [1.165, 1.54) is 0 Å². The van der Waals surface area contributed by atoms with Crippen LogP contribution < -0.4 is 23.7 Å². The molecule has 3 aromatic rings. The summed E-state index contributed by atoms with van der Waals surface area (Å²) in [5, 5.41) is 1.12. The topological polar surface area (TPSA) is 59.0 Å². The zero-order chi connectivity index (χ0) is 22.5. The molecule has 4 rings (SSSR count). The van der Waals surface area contributed by atoms with E-state index in [9.17, 15) is 0 Å². The third-order valence-electron chi connectivity index (χ3n) is 6.30. The van der Waals surface area contributed by atoms with Crippen LogP contribution >= 0.6 is 0 Å². The van der Waals surface area contributed by atoms with Gasteiger partial charge in [0.2, 0.25) is 17.4 Å². The molecule has 0 N–H and O–H groups in total. The largest absolute Gasteiger partial charge is 0.492 e. The number of hydrogen-bond donors (Lipinski definition) is 0. The molecular formula is C26H31NO5. The summed E-state index contributed by atoms with van der Waals surface area (Å²) in [6.07, 6.45) is 4.87. The Labute approximate surface area is 189 Å². The van der Waals surface area contributed by atoms with E-state index >= 15 is 0 Å². The molecule has 0 saturated heterocycles. The molecule has 6 nitrogen and oxygen atoms in total. The second-order valence-corrected chi connectivity index (χ2v) is 8.01. The van der Waals surface area contributed by atoms with Gasteiger partial charge in [-0.25, -0.2) is 4.98 Å². The third-order valence-corrected chi connectivity index (χ3v) is 6.30. The lowest BCUT2D eigenvalue weighted by molar-refractivity contribution is 0.260. The summed E-state index contributed by atoms with van der Waals surface area (Å²) >= 11 is 0. The maximum absolute atomic E-state index is 6.00. The van der Waals surface area contributed by atoms with E-state index in [-0.39, 0.29) is 0 Å². The lowest BCUT2D eigenvalue weighted by atomic mass is 9.96. The van der Waals surface area contributed by atoms with Crippen LogP contribution in [0.15, 0.2) is 36.4 Å². The highest BCUT2D eigenvalue weighted by Crippen LogP contribution is 2.51. The van der Waals surface area contributed by atoms with Gasteiger partial charge >= 0.3 is 0 Å². The summed E-state index contributed by atoms with van der Waals surface area (Å²) in [7, 11) is 6.61. The van der Waals surface area contributed by atoms with E-state index in [1.54, 1.807) is 28.4 Å². The molecule has 2 aromatic carbocycles. The van der Waals surface area contributed by atoms with E-state index in [0.29, 0.717) is 29.9 Å². The number of hydrogen-bond acceptors (Lipinski definition) is 6. The molecule has 0 bridgehead atoms. The number of pyridine rings is 1. The van der Waals surface area contributed by atoms with E-state index in [4.69, 9.17) is 23.7 Å². The highest BCUT2D eigenvalue weighted by molar-refractivity contribution is 5.78. The first kappa shape index (κ1) is 22.1. The molecule has 0 atom stereocenters. The van der Waals surface area contributed by atoms with Gasteiger partial charge in [-0.1, -0.05) is 18.2 Å². The standard InChI is InChI=1S/C26H31NO5/c1-28-23-19-12-9-17(10-13-20(19)24(29-2)26(31-4)25(23)30-3)15-16-32-22-14-11-18-7-5-6-8-21(18)27-22/h5-8,11,14,17H,9-10,12-13,15-16H2,1-4H3. The van der Waals surface area contributed by atoms with E-state index in [1.807, 2.05) is 24.3 Å². The van der Waals surface area contributed by atoms with Gasteiger partial charge in [-0.3, -0.25) is 0 Å². The molecular weight excluding hydrogens is 406 g/mol. The molecule has 0 fully saturated rings. The first-order valence-corrected chi connectivity index (χ1v) is 11.1. The van der Waals surface area contributed by atoms with Crippen molar-refractivity contribution >= 4 is 10.9 Å². The zero-order valence-electron chi connectivity index (χ0n) is 19.3. The molecule has 1 heterocycles. The van der Waals surface area contributed by atoms with Gasteiger partial charge < -0.3 is 23.7 Å². The van der Waals surface area contributed by atoms with Crippen LogP contribution in [0.25, 0.3) is 10.9 Å². The minimum absolute atomic E-state index is 0.536. The quantitative estimate of drug-likeness (QED) is 0.450. The van der Waals surface area contributed by atoms with Crippen LogP contribution in [0.5, 0.6) is 28.9 Å². The summed E-state index contributed by atoms with van der Waals surface area (Å²) in [4.78, 5) is 4.61. The second-order valence-electron chi connectivity index (χ2n) is 8.01. The molecule has 1 aromatic heterocycles. The van der Waals surface area contributed by atoms with Gasteiger partial charge in [-0.2, -0.15) is 0 Å². The van der Waals surface area contributed by atoms with Gasteiger partial charge in [0.15, 0.2) is 11.5 Å². The number of aromatic nitrogens is 1. The predicted octanol–water partition coefficient (Wildman–Crippen LogP) is 5.23. The van der Waals surface area contributed by atoms with E-state index in [2.05, 4.69) is 17.1 Å². The minimum atomic E-state index is 0.536. The van der Waals surface area contributed by atoms with Gasteiger partial charge in [0.1, 0.15) is 0 Å². The summed E-state index contributed by atoms with van der Waals surface area (Å²) in [6, 6.07) is 12.1. The van der Waals surface area contributed by atoms with Crippen LogP contribution in [0.2, 0.25) is 0 Å². The number of fused-ring (bicyclic) bond motifs is 2. The van der Waals surface area contributed by atoms with Gasteiger partial charge in [-0.15, -0.1) is 0 Å². The molecule has 0 saturated carbocycles. The maximum atomic E-state index is 6.00. The Morgan fingerprint density at radius 3 is 1.94 bits per heavy atom. The molecule has 0 spiro atoms. The second kappa shape index (κ2) is 9.98. The lowest BCUT2D eigenvalue weighted by Gasteiger charge is -2.21. The van der Waals surface area contributed by atoms with Crippen molar-refractivity contribution in [3.63, 3.8) is 0 Å². The summed E-state index contributed by atoms with van der Waals surface area (Å²) < 4.78 is 28.7. The highest BCUT2D eigenvalue weighted by atomic mass is 16.5. The molecule has 0 radical (unpaired) electrons. The Balaban J connectivity index is 1.46. The molecule has 0 aliphatic heterocycles. The summed E-state index contributed by atoms with van der Waals surface area (Å²) in [5.74, 6) is 3.90. The Kier molecular flexibility index (Phi) is 6.88. The Hall–Kier alpha value is -3.15. The Bertz CT molecular complexity index is 1040. The normalized spacial score (nSPS) is 13.9. The zero-order valence-corrected chi connectivity index (χ0v) is 19.3. The number of nitrogens with zero attached hydrogens (tertiary/aromatic N) is 1. The van der Waals surface area contributed by atoms with Gasteiger partial charge in [0, 0.05) is 22.6 Å². The van der Waals surface area contributed by atoms with Crippen LogP contribution in [-0.4, -0.2) is 40.0 Å². The van der Waals surface area contributed by atoms with Crippen LogP contribution in [0.1, 0.15) is 30.4 Å². The fraction of sp³-hybridized carbons (Fsp3) is 0.423. The molecule has 170 valence electrons. The summed E-state index contributed by atoms with van der Waals surface area (Å²) in [5.41, 5.74) is 3.26. The highest BCUT2D eigenvalue weighted by Gasteiger charge is 2.29. The van der Waals surface area contributed by atoms with Crippen LogP contribution in [0.3, 0.4) is 0 Å². The smallest absolute Gasteiger partial charge is 0.213 e. The number of methoxy groups -OCH3 is 4. The number of rotatable bonds is 8. The minimum Gasteiger partial charge on any atom is -0.492 e. The molecule has 0 amide bonds. The van der Waals surface area contributed by atoms with Crippen molar-refractivity contribution in [2.24, 2.45) is 5.92 Å². The first-order valence-electron chi connectivity index (χ1n) is 11.1. The van der Waals surface area contributed by atoms with E-state index < -0.39 is 0 Å². The maximum Gasteiger partial charge on any atom is 0.213 e. The first-order chi connectivity index (χ1) is 15.7. The average Bonchev–Trinajstić information content (AvgIpc) is 3.05. The van der Waals surface area contributed by atoms with Crippen molar-refractivity contribution in [2.45, 2.75) is 32.1 Å². The Morgan fingerprint density at radius 2 is 1.34 bits per heavy atom. The number of ether oxygens (including phenoxy) is 5. The fourth-order valence-electron chi connectivity index (χ4n) is 4.67. The molecule has 0 unspecified atom stereocenters. The molecule has 1 aliphatic carbocycles. The van der Waals surface area contributed by atoms with Crippen LogP contribution in [0, 0.1) is 5.92 Å². The van der Waals surface area contributed by atoms with Gasteiger partial charge in [0.25, 0.3) is 0 Å². The van der Waals surface area contributed by atoms with Crippen molar-refractivity contribution in [3.8, 4) is 28.9 Å². The molecule has 1 aliphatic rings. The monoisotopic (exact) mass is 437 g/mol. The number of benzene rings is 2. The van der Waals surface area contributed by atoms with Gasteiger partial charge in [-0.05, 0) is 50.2 Å². The lowest BCUT2D eigenvalue weighted by Crippen LogP contribution is -2.08. The SMILES string of the molecule is COc1c2c(c(OC)c(OC)c1OC)CCC(CCOc1ccc3ccccc3n1)CC2. The van der Waals surface area contributed by atoms with E-state index in [0.717, 1.165) is 65.6 Å². The molecule has 32 heavy (non-hydrogen) atoms. The average molecular weight is 438 g/mol. The molecule has 6 heteroatoms. The van der Waals surface area contributed by atoms with Crippen LogP contribution in [0.4, 0.5) is 0 Å². The number of para-hydroxylation sites is 1. The van der Waals surface area contributed by atoms with Gasteiger partial charge in [0.05, 0.1) is 40.6 Å². The van der Waals surface area contributed by atoms with Crippen LogP contribution in [-0.2, 0) is 12.8 Å². The van der Waals surface area contributed by atoms with Crippen molar-refractivity contribution in [2.75, 3.05) is 35.0 Å². The predicted molar refractivity (Wildman–Crippen MR) is 125 cm³/mol. The third kappa shape index (κ3) is 4.27. The van der Waals surface area contributed by atoms with Crippen molar-refractivity contribution in [1.82, 2.24) is 4.98 Å². The Morgan fingerprint density at radius 1 is 0.750 bits per heavy atom. The fourth-order valence-corrected chi connectivity index (χ4v) is 4.67. The van der Waals surface area contributed by atoms with Crippen molar-refractivity contribution in [3.05, 3.63) is 47.5 Å². The summed E-state index contributed by atoms with van der Waals surface area (Å²) in [6.45, 7) is 0.646. The van der Waals surface area contributed by atoms with Crippen molar-refractivity contribution < 1.29 is 23.7 Å².